The Balaban J connectivity index is 1.61. The third kappa shape index (κ3) is 5.43. The summed E-state index contributed by atoms with van der Waals surface area (Å²) in [7, 11) is 0. The fourth-order valence-corrected chi connectivity index (χ4v) is 5.07. The Hall–Kier alpha value is -3.52. The summed E-state index contributed by atoms with van der Waals surface area (Å²) < 4.78 is 0.457. The summed E-state index contributed by atoms with van der Waals surface area (Å²) in [6.07, 6.45) is 7.09. The lowest BCUT2D eigenvalue weighted by molar-refractivity contribution is -0.384. The molecule has 35 heavy (non-hydrogen) atoms. The molecule has 2 fully saturated rings. The van der Waals surface area contributed by atoms with Crippen molar-refractivity contribution in [3.63, 3.8) is 0 Å². The maximum absolute atomic E-state index is 13.4. The van der Waals surface area contributed by atoms with Gasteiger partial charge in [0, 0.05) is 55.2 Å². The van der Waals surface area contributed by atoms with E-state index in [0.29, 0.717) is 36.9 Å². The molecule has 2 aliphatic heterocycles. The van der Waals surface area contributed by atoms with Crippen molar-refractivity contribution in [3.05, 3.63) is 67.7 Å². The summed E-state index contributed by atoms with van der Waals surface area (Å²) in [4.78, 5) is 48.7. The second-order valence-corrected chi connectivity index (χ2v) is 9.61. The third-order valence-corrected chi connectivity index (χ3v) is 6.82. The van der Waals surface area contributed by atoms with Gasteiger partial charge >= 0.3 is 0 Å². The monoisotopic (exact) mass is 540 g/mol. The smallest absolute Gasteiger partial charge is 0.294 e. The number of nitro benzene ring substituents is 1. The first kappa shape index (κ1) is 24.6. The van der Waals surface area contributed by atoms with Crippen LogP contribution < -0.4 is 5.32 Å². The lowest BCUT2D eigenvalue weighted by atomic mass is 10.0. The Morgan fingerprint density at radius 2 is 1.83 bits per heavy atom. The average Bonchev–Trinajstić information content (AvgIpc) is 2.89. The molecule has 0 spiro atoms. The quantitative estimate of drug-likeness (QED) is 0.335. The van der Waals surface area contributed by atoms with Gasteiger partial charge in [0.1, 0.15) is 5.69 Å². The van der Waals surface area contributed by atoms with Crippen LogP contribution in [0, 0.1) is 16.7 Å². The largest absolute Gasteiger partial charge is 0.374 e. The maximum Gasteiger partial charge on any atom is 0.294 e. The number of nitro groups is 1. The molecule has 0 radical (unpaired) electrons. The van der Waals surface area contributed by atoms with Crippen LogP contribution in [-0.2, 0) is 0 Å². The number of amides is 2. The average molecular weight is 541 g/mol. The lowest BCUT2D eigenvalue weighted by Gasteiger charge is -2.34. The van der Waals surface area contributed by atoms with Crippen LogP contribution in [-0.4, -0.2) is 63.7 Å². The Morgan fingerprint density at radius 1 is 1.11 bits per heavy atom. The van der Waals surface area contributed by atoms with Gasteiger partial charge in [0.05, 0.1) is 22.6 Å². The molecule has 1 N–H and O–H groups in total. The molecule has 0 aliphatic carbocycles. The second-order valence-electron chi connectivity index (χ2n) is 8.70. The van der Waals surface area contributed by atoms with E-state index in [4.69, 9.17) is 6.57 Å². The molecule has 4 rings (SSSR count). The van der Waals surface area contributed by atoms with E-state index in [-0.39, 0.29) is 52.6 Å². The fraction of sp³-hybridized carbons (Fsp3) is 0.417. The van der Waals surface area contributed by atoms with Crippen molar-refractivity contribution in [2.24, 2.45) is 0 Å². The Morgan fingerprint density at radius 3 is 2.54 bits per heavy atom. The lowest BCUT2D eigenvalue weighted by Crippen LogP contribution is -2.45. The molecule has 2 aliphatic rings. The molecule has 0 saturated carbocycles. The van der Waals surface area contributed by atoms with E-state index >= 15 is 0 Å². The zero-order chi connectivity index (χ0) is 24.9. The maximum atomic E-state index is 13.4. The zero-order valence-electron chi connectivity index (χ0n) is 19.1. The summed E-state index contributed by atoms with van der Waals surface area (Å²) in [6.45, 7) is 9.36. The van der Waals surface area contributed by atoms with Gasteiger partial charge in [-0.15, -0.1) is 0 Å². The van der Waals surface area contributed by atoms with Gasteiger partial charge in [0.2, 0.25) is 11.6 Å². The number of rotatable bonds is 5. The Labute approximate surface area is 211 Å². The van der Waals surface area contributed by atoms with Crippen molar-refractivity contribution in [2.45, 2.75) is 38.1 Å². The van der Waals surface area contributed by atoms with E-state index in [2.05, 4.69) is 31.1 Å². The molecule has 0 unspecified atom stereocenters. The van der Waals surface area contributed by atoms with E-state index in [1.165, 1.54) is 24.5 Å². The molecule has 2 saturated heterocycles. The van der Waals surface area contributed by atoms with Crippen LogP contribution in [0.4, 0.5) is 17.1 Å². The minimum absolute atomic E-state index is 0.177. The summed E-state index contributed by atoms with van der Waals surface area (Å²) in [5.41, 5.74) is 0.706. The number of hydrogen-bond acceptors (Lipinski definition) is 6. The van der Waals surface area contributed by atoms with Crippen LogP contribution in [0.1, 0.15) is 52.8 Å². The molecule has 1 aromatic carbocycles. The van der Waals surface area contributed by atoms with E-state index in [9.17, 15) is 19.7 Å². The number of likely N-dealkylation sites (tertiary alicyclic amines) is 2. The molecule has 0 bridgehead atoms. The van der Waals surface area contributed by atoms with Gasteiger partial charge in [-0.05, 0) is 44.2 Å². The minimum atomic E-state index is -0.497. The van der Waals surface area contributed by atoms with Gasteiger partial charge in [-0.3, -0.25) is 24.7 Å². The SMILES string of the molecule is [C-]#[N+]c1ccncc1C(=O)N1CCC[C@@H](Nc2c(C(=O)N3CCCCC3)cc(Br)cc2[N+](=O)[O-])C1. The van der Waals surface area contributed by atoms with E-state index in [1.54, 1.807) is 15.9 Å². The highest BCUT2D eigenvalue weighted by molar-refractivity contribution is 9.10. The number of pyridine rings is 1. The van der Waals surface area contributed by atoms with Gasteiger partial charge in [0.15, 0.2) is 0 Å². The number of piperidine rings is 2. The van der Waals surface area contributed by atoms with Crippen molar-refractivity contribution in [1.29, 1.82) is 0 Å². The molecule has 182 valence electrons. The molecule has 2 aromatic rings. The van der Waals surface area contributed by atoms with Crippen LogP contribution >= 0.6 is 15.9 Å². The first-order chi connectivity index (χ1) is 16.9. The Bertz CT molecular complexity index is 1190. The first-order valence-electron chi connectivity index (χ1n) is 11.5. The molecule has 2 amide bonds. The number of nitrogens with zero attached hydrogens (tertiary/aromatic N) is 5. The van der Waals surface area contributed by atoms with Crippen molar-refractivity contribution < 1.29 is 14.5 Å². The van der Waals surface area contributed by atoms with Crippen LogP contribution in [0.3, 0.4) is 0 Å². The molecular weight excluding hydrogens is 516 g/mol. The van der Waals surface area contributed by atoms with Gasteiger partial charge < -0.3 is 15.1 Å². The summed E-state index contributed by atoms with van der Waals surface area (Å²) in [6, 6.07) is 4.21. The number of carbonyl (C=O) groups excluding carboxylic acids is 2. The number of halogens is 1. The third-order valence-electron chi connectivity index (χ3n) is 6.36. The van der Waals surface area contributed by atoms with Crippen molar-refractivity contribution >= 4 is 44.8 Å². The standard InChI is InChI=1S/C24H25BrN6O4/c1-26-20-7-8-27-14-19(20)24(33)30-11-5-6-17(15-30)28-22-18(12-16(25)13-21(22)31(34)35)23(32)29-9-3-2-4-10-29/h7-8,12-14,17,28H,2-6,9-11,15H2/t17-/m1/s1. The Kier molecular flexibility index (Phi) is 7.60. The number of hydrogen-bond donors (Lipinski definition) is 1. The molecule has 3 heterocycles. The molecule has 11 heteroatoms. The highest BCUT2D eigenvalue weighted by atomic mass is 79.9. The number of nitrogens with one attached hydrogen (secondary N) is 1. The molecule has 10 nitrogen and oxygen atoms in total. The zero-order valence-corrected chi connectivity index (χ0v) is 20.7. The van der Waals surface area contributed by atoms with E-state index in [1.807, 2.05) is 0 Å². The molecule has 1 atom stereocenters. The number of benzene rings is 1. The normalized spacial score (nSPS) is 18.0. The van der Waals surface area contributed by atoms with Crippen LogP contribution in [0.15, 0.2) is 35.1 Å². The summed E-state index contributed by atoms with van der Waals surface area (Å²) in [5, 5.41) is 15.1. The van der Waals surface area contributed by atoms with Gasteiger partial charge in [-0.1, -0.05) is 15.9 Å². The van der Waals surface area contributed by atoms with Crippen LogP contribution in [0.5, 0.6) is 0 Å². The van der Waals surface area contributed by atoms with Crippen molar-refractivity contribution in [3.8, 4) is 0 Å². The van der Waals surface area contributed by atoms with Crippen LogP contribution in [0.25, 0.3) is 4.85 Å². The number of carbonyl (C=O) groups is 2. The van der Waals surface area contributed by atoms with Crippen LogP contribution in [0.2, 0.25) is 0 Å². The highest BCUT2D eigenvalue weighted by Gasteiger charge is 2.31. The number of aromatic nitrogens is 1. The van der Waals surface area contributed by atoms with Gasteiger partial charge in [-0.2, -0.15) is 0 Å². The highest BCUT2D eigenvalue weighted by Crippen LogP contribution is 2.35. The first-order valence-corrected chi connectivity index (χ1v) is 12.3. The molecular formula is C24H25BrN6O4. The van der Waals surface area contributed by atoms with Gasteiger partial charge in [-0.25, -0.2) is 4.85 Å². The summed E-state index contributed by atoms with van der Waals surface area (Å²) in [5.74, 6) is -0.539. The van der Waals surface area contributed by atoms with E-state index < -0.39 is 4.92 Å². The van der Waals surface area contributed by atoms with Crippen molar-refractivity contribution in [1.82, 2.24) is 14.8 Å². The predicted octanol–water partition coefficient (Wildman–Crippen LogP) is 4.65. The summed E-state index contributed by atoms with van der Waals surface area (Å²) >= 11 is 3.32. The van der Waals surface area contributed by atoms with Gasteiger partial charge in [0.25, 0.3) is 11.6 Å². The van der Waals surface area contributed by atoms with Crippen molar-refractivity contribution in [2.75, 3.05) is 31.5 Å². The van der Waals surface area contributed by atoms with E-state index in [0.717, 1.165) is 19.3 Å². The second kappa shape index (κ2) is 10.8. The topological polar surface area (TPSA) is 113 Å². The minimum Gasteiger partial charge on any atom is -0.374 e. The number of anilines is 1. The molecule has 1 aromatic heterocycles. The fourth-order valence-electron chi connectivity index (χ4n) is 4.63. The predicted molar refractivity (Wildman–Crippen MR) is 134 cm³/mol.